The van der Waals surface area contributed by atoms with Gasteiger partial charge in [-0.2, -0.15) is 0 Å². The van der Waals surface area contributed by atoms with Crippen molar-refractivity contribution in [3.8, 4) is 11.5 Å². The Morgan fingerprint density at radius 1 is 0.960 bits per heavy atom. The molecule has 0 radical (unpaired) electrons. The number of hydrogen-bond acceptors (Lipinski definition) is 3. The zero-order valence-corrected chi connectivity index (χ0v) is 15.0. The Bertz CT molecular complexity index is 692. The summed E-state index contributed by atoms with van der Waals surface area (Å²) in [5.74, 6) is 2.06. The van der Waals surface area contributed by atoms with Crippen LogP contribution in [0, 0.1) is 5.92 Å². The molecule has 132 valence electrons. The van der Waals surface area contributed by atoms with Crippen molar-refractivity contribution in [1.82, 2.24) is 9.80 Å². The monoisotopic (exact) mass is 338 g/mol. The first-order valence-corrected chi connectivity index (χ1v) is 8.97. The van der Waals surface area contributed by atoms with Gasteiger partial charge in [0.05, 0.1) is 5.56 Å². The van der Waals surface area contributed by atoms with E-state index in [0.717, 1.165) is 38.5 Å². The maximum Gasteiger partial charge on any atom is 0.257 e. The van der Waals surface area contributed by atoms with Crippen molar-refractivity contribution in [2.24, 2.45) is 5.92 Å². The van der Waals surface area contributed by atoms with Crippen molar-refractivity contribution in [2.45, 2.75) is 13.8 Å². The van der Waals surface area contributed by atoms with Gasteiger partial charge < -0.3 is 9.64 Å². The van der Waals surface area contributed by atoms with Gasteiger partial charge in [0.15, 0.2) is 0 Å². The molecular formula is C21H26N2O2. The molecule has 0 unspecified atom stereocenters. The van der Waals surface area contributed by atoms with Gasteiger partial charge in [0.1, 0.15) is 11.5 Å². The van der Waals surface area contributed by atoms with Gasteiger partial charge in [-0.3, -0.25) is 9.69 Å². The minimum absolute atomic E-state index is 0.0516. The first kappa shape index (κ1) is 17.5. The molecule has 0 N–H and O–H groups in total. The smallest absolute Gasteiger partial charge is 0.257 e. The molecule has 2 aromatic carbocycles. The maximum atomic E-state index is 13.0. The second-order valence-corrected chi connectivity index (χ2v) is 6.90. The number of benzene rings is 2. The van der Waals surface area contributed by atoms with Crippen LogP contribution in [0.5, 0.6) is 11.5 Å². The number of rotatable bonds is 5. The summed E-state index contributed by atoms with van der Waals surface area (Å²) in [6.45, 7) is 8.97. The first-order chi connectivity index (χ1) is 12.1. The van der Waals surface area contributed by atoms with Crippen molar-refractivity contribution in [2.75, 3.05) is 32.7 Å². The van der Waals surface area contributed by atoms with Crippen LogP contribution in [-0.4, -0.2) is 48.4 Å². The molecule has 4 nitrogen and oxygen atoms in total. The number of carbonyl (C=O) groups is 1. The van der Waals surface area contributed by atoms with Crippen LogP contribution in [0.2, 0.25) is 0 Å². The molecule has 4 heteroatoms. The molecule has 1 fully saturated rings. The lowest BCUT2D eigenvalue weighted by Gasteiger charge is -2.35. The second-order valence-electron chi connectivity index (χ2n) is 6.90. The Kier molecular flexibility index (Phi) is 5.71. The highest BCUT2D eigenvalue weighted by Crippen LogP contribution is 2.26. The SMILES string of the molecule is CC(C)CN1CCN(C(=O)c2ccccc2Oc2ccccc2)CC1. The van der Waals surface area contributed by atoms with E-state index in [1.54, 1.807) is 0 Å². The highest BCUT2D eigenvalue weighted by molar-refractivity contribution is 5.97. The third-order valence-corrected chi connectivity index (χ3v) is 4.37. The number of hydrogen-bond donors (Lipinski definition) is 0. The molecule has 1 heterocycles. The fraction of sp³-hybridized carbons (Fsp3) is 0.381. The minimum Gasteiger partial charge on any atom is -0.457 e. The molecular weight excluding hydrogens is 312 g/mol. The minimum atomic E-state index is 0.0516. The van der Waals surface area contributed by atoms with Crippen LogP contribution in [0.3, 0.4) is 0 Å². The van der Waals surface area contributed by atoms with Crippen LogP contribution in [0.25, 0.3) is 0 Å². The summed E-state index contributed by atoms with van der Waals surface area (Å²) in [6, 6.07) is 17.1. The molecule has 1 amide bonds. The quantitative estimate of drug-likeness (QED) is 0.829. The van der Waals surface area contributed by atoms with E-state index in [1.165, 1.54) is 0 Å². The van der Waals surface area contributed by atoms with Crippen molar-refractivity contribution < 1.29 is 9.53 Å². The molecule has 3 rings (SSSR count). The lowest BCUT2D eigenvalue weighted by atomic mass is 10.1. The van der Waals surface area contributed by atoms with Gasteiger partial charge in [-0.1, -0.05) is 44.2 Å². The molecule has 0 aromatic heterocycles. The van der Waals surface area contributed by atoms with Crippen molar-refractivity contribution in [1.29, 1.82) is 0 Å². The first-order valence-electron chi connectivity index (χ1n) is 8.97. The van der Waals surface area contributed by atoms with Crippen LogP contribution in [0.4, 0.5) is 0 Å². The molecule has 0 saturated carbocycles. The van der Waals surface area contributed by atoms with Gasteiger partial charge >= 0.3 is 0 Å². The fourth-order valence-corrected chi connectivity index (χ4v) is 3.17. The summed E-state index contributed by atoms with van der Waals surface area (Å²) in [5, 5.41) is 0. The molecule has 0 bridgehead atoms. The number of para-hydroxylation sites is 2. The average molecular weight is 338 g/mol. The molecule has 0 aliphatic carbocycles. The third kappa shape index (κ3) is 4.60. The van der Waals surface area contributed by atoms with Gasteiger partial charge in [-0.25, -0.2) is 0 Å². The lowest BCUT2D eigenvalue weighted by molar-refractivity contribution is 0.0621. The largest absolute Gasteiger partial charge is 0.457 e. The van der Waals surface area contributed by atoms with Gasteiger partial charge in [-0.15, -0.1) is 0 Å². The molecule has 1 aliphatic rings. The maximum absolute atomic E-state index is 13.0. The molecule has 0 atom stereocenters. The van der Waals surface area contributed by atoms with E-state index in [9.17, 15) is 4.79 Å². The van der Waals surface area contributed by atoms with E-state index in [0.29, 0.717) is 17.2 Å². The highest BCUT2D eigenvalue weighted by Gasteiger charge is 2.24. The van der Waals surface area contributed by atoms with E-state index in [1.807, 2.05) is 59.5 Å². The summed E-state index contributed by atoms with van der Waals surface area (Å²) in [6.07, 6.45) is 0. The zero-order chi connectivity index (χ0) is 17.6. The Labute approximate surface area is 150 Å². The Hall–Kier alpha value is -2.33. The summed E-state index contributed by atoms with van der Waals surface area (Å²) in [5.41, 5.74) is 0.628. The Morgan fingerprint density at radius 2 is 1.60 bits per heavy atom. The normalized spacial score (nSPS) is 15.4. The average Bonchev–Trinajstić information content (AvgIpc) is 2.63. The summed E-state index contributed by atoms with van der Waals surface area (Å²) < 4.78 is 5.94. The number of ether oxygens (including phenoxy) is 1. The Morgan fingerprint density at radius 3 is 2.28 bits per heavy atom. The van der Waals surface area contributed by atoms with Gasteiger partial charge in [-0.05, 0) is 30.2 Å². The van der Waals surface area contributed by atoms with Crippen molar-refractivity contribution >= 4 is 5.91 Å². The predicted molar refractivity (Wildman–Crippen MR) is 100 cm³/mol. The van der Waals surface area contributed by atoms with Crippen LogP contribution < -0.4 is 4.74 Å². The van der Waals surface area contributed by atoms with Crippen molar-refractivity contribution in [3.05, 3.63) is 60.2 Å². The number of carbonyl (C=O) groups excluding carboxylic acids is 1. The van der Waals surface area contributed by atoms with E-state index in [2.05, 4.69) is 18.7 Å². The van der Waals surface area contributed by atoms with Crippen LogP contribution in [-0.2, 0) is 0 Å². The molecule has 25 heavy (non-hydrogen) atoms. The standard InChI is InChI=1S/C21H26N2O2/c1-17(2)16-22-12-14-23(15-13-22)21(24)19-10-6-7-11-20(19)25-18-8-4-3-5-9-18/h3-11,17H,12-16H2,1-2H3. The zero-order valence-electron chi connectivity index (χ0n) is 15.0. The summed E-state index contributed by atoms with van der Waals surface area (Å²) in [7, 11) is 0. The summed E-state index contributed by atoms with van der Waals surface area (Å²) in [4.78, 5) is 17.3. The third-order valence-electron chi connectivity index (χ3n) is 4.37. The number of amides is 1. The van der Waals surface area contributed by atoms with E-state index >= 15 is 0 Å². The summed E-state index contributed by atoms with van der Waals surface area (Å²) >= 11 is 0. The Balaban J connectivity index is 1.69. The van der Waals surface area contributed by atoms with E-state index in [-0.39, 0.29) is 5.91 Å². The van der Waals surface area contributed by atoms with Gasteiger partial charge in [0, 0.05) is 32.7 Å². The number of nitrogens with zero attached hydrogens (tertiary/aromatic N) is 2. The highest BCUT2D eigenvalue weighted by atomic mass is 16.5. The molecule has 0 spiro atoms. The fourth-order valence-electron chi connectivity index (χ4n) is 3.17. The van der Waals surface area contributed by atoms with E-state index in [4.69, 9.17) is 4.74 Å². The van der Waals surface area contributed by atoms with E-state index < -0.39 is 0 Å². The van der Waals surface area contributed by atoms with Crippen molar-refractivity contribution in [3.63, 3.8) is 0 Å². The van der Waals surface area contributed by atoms with Crippen LogP contribution >= 0.6 is 0 Å². The van der Waals surface area contributed by atoms with Gasteiger partial charge in [0.2, 0.25) is 0 Å². The lowest BCUT2D eigenvalue weighted by Crippen LogP contribution is -2.49. The number of piperazine rings is 1. The molecule has 2 aromatic rings. The predicted octanol–water partition coefficient (Wildman–Crippen LogP) is 3.89. The second kappa shape index (κ2) is 8.17. The van der Waals surface area contributed by atoms with Gasteiger partial charge in [0.25, 0.3) is 5.91 Å². The topological polar surface area (TPSA) is 32.8 Å². The molecule has 1 saturated heterocycles. The van der Waals surface area contributed by atoms with Crippen LogP contribution in [0.1, 0.15) is 24.2 Å². The van der Waals surface area contributed by atoms with Crippen LogP contribution in [0.15, 0.2) is 54.6 Å². The molecule has 1 aliphatic heterocycles.